The molecule has 0 heterocycles. The standard InChI is InChI=1S/C76H148O17P2/c1-66(2)52-44-36-28-22-17-13-9-11-15-19-25-31-40-48-56-73(78)86-62-71(92-76(81)59-51-43-33-27-21-24-30-38-46-54-68(5)6)64-90-94(82,83)88-60-70(77)61-89-95(84,85)91-65-72(63-87-74(79)57-49-41-35-34-39-47-55-69(7)8)93-75(80)58-50-42-32-26-20-16-12-10-14-18-23-29-37-45-53-67(3)4/h66-72,77H,9-65H2,1-8H3,(H,82,83)(H,84,85)/t70?,71-,72-/m1/s1. The van der Waals surface area contributed by atoms with Crippen LogP contribution >= 0.6 is 15.6 Å². The molecule has 17 nitrogen and oxygen atoms in total. The summed E-state index contributed by atoms with van der Waals surface area (Å²) in [5.41, 5.74) is 0. The van der Waals surface area contributed by atoms with Gasteiger partial charge >= 0.3 is 39.5 Å². The first-order valence-electron chi connectivity index (χ1n) is 39.2. The zero-order valence-corrected chi connectivity index (χ0v) is 64.1. The molecule has 5 atom stereocenters. The van der Waals surface area contributed by atoms with Gasteiger partial charge in [-0.15, -0.1) is 0 Å². The summed E-state index contributed by atoms with van der Waals surface area (Å²) in [5, 5.41) is 10.6. The highest BCUT2D eigenvalue weighted by atomic mass is 31.2. The highest BCUT2D eigenvalue weighted by Gasteiger charge is 2.30. The highest BCUT2D eigenvalue weighted by molar-refractivity contribution is 7.47. The fraction of sp³-hybridized carbons (Fsp3) is 0.947. The molecule has 564 valence electrons. The van der Waals surface area contributed by atoms with Gasteiger partial charge in [-0.1, -0.05) is 331 Å². The first-order chi connectivity index (χ1) is 45.6. The van der Waals surface area contributed by atoms with Crippen LogP contribution in [0.4, 0.5) is 0 Å². The lowest BCUT2D eigenvalue weighted by Crippen LogP contribution is -2.30. The zero-order chi connectivity index (χ0) is 70.3. The average molecular weight is 1400 g/mol. The Balaban J connectivity index is 5.21. The maximum Gasteiger partial charge on any atom is 0.472 e. The molecule has 95 heavy (non-hydrogen) atoms. The summed E-state index contributed by atoms with van der Waals surface area (Å²) in [6, 6.07) is 0. The molecule has 0 aromatic carbocycles. The van der Waals surface area contributed by atoms with E-state index < -0.39 is 97.5 Å². The molecule has 0 bridgehead atoms. The molecule has 0 spiro atoms. The van der Waals surface area contributed by atoms with Gasteiger partial charge in [-0.25, -0.2) is 9.13 Å². The van der Waals surface area contributed by atoms with Crippen LogP contribution in [0.3, 0.4) is 0 Å². The van der Waals surface area contributed by atoms with Crippen LogP contribution in [0.5, 0.6) is 0 Å². The molecule has 0 aromatic rings. The van der Waals surface area contributed by atoms with Crippen molar-refractivity contribution in [2.75, 3.05) is 39.6 Å². The van der Waals surface area contributed by atoms with Crippen molar-refractivity contribution in [1.29, 1.82) is 0 Å². The van der Waals surface area contributed by atoms with Crippen LogP contribution < -0.4 is 0 Å². The number of rotatable bonds is 73. The summed E-state index contributed by atoms with van der Waals surface area (Å²) >= 11 is 0. The maximum absolute atomic E-state index is 13.1. The summed E-state index contributed by atoms with van der Waals surface area (Å²) in [6.45, 7) is 14.1. The van der Waals surface area contributed by atoms with Gasteiger partial charge in [0, 0.05) is 25.7 Å². The highest BCUT2D eigenvalue weighted by Crippen LogP contribution is 2.45. The minimum atomic E-state index is -4.96. The third-order valence-corrected chi connectivity index (χ3v) is 19.5. The Morgan fingerprint density at radius 3 is 0.653 bits per heavy atom. The molecule has 3 unspecified atom stereocenters. The number of phosphoric ester groups is 2. The Morgan fingerprint density at radius 2 is 0.442 bits per heavy atom. The van der Waals surface area contributed by atoms with E-state index in [1.807, 2.05) is 0 Å². The fourth-order valence-corrected chi connectivity index (χ4v) is 13.1. The number of esters is 4. The quantitative estimate of drug-likeness (QED) is 0.0222. The number of carbonyl (C=O) groups is 4. The molecule has 3 N–H and O–H groups in total. The lowest BCUT2D eigenvalue weighted by Gasteiger charge is -2.21. The van der Waals surface area contributed by atoms with E-state index in [1.165, 1.54) is 180 Å². The molecule has 19 heteroatoms. The first kappa shape index (κ1) is 93.1. The Morgan fingerprint density at radius 1 is 0.263 bits per heavy atom. The van der Waals surface area contributed by atoms with Gasteiger partial charge in [-0.2, -0.15) is 0 Å². The summed E-state index contributed by atoms with van der Waals surface area (Å²) in [5.74, 6) is 0.887. The first-order valence-corrected chi connectivity index (χ1v) is 42.2. The topological polar surface area (TPSA) is 237 Å². The van der Waals surface area contributed by atoms with Gasteiger partial charge in [0.2, 0.25) is 0 Å². The van der Waals surface area contributed by atoms with E-state index >= 15 is 0 Å². The second kappa shape index (κ2) is 65.4. The summed E-state index contributed by atoms with van der Waals surface area (Å²) in [7, 11) is -9.91. The maximum atomic E-state index is 13.1. The third kappa shape index (κ3) is 70.3. The van der Waals surface area contributed by atoms with Crippen molar-refractivity contribution in [3.8, 4) is 0 Å². The van der Waals surface area contributed by atoms with Crippen LogP contribution in [0, 0.1) is 23.7 Å². The molecule has 0 aliphatic carbocycles. The average Bonchev–Trinajstić information content (AvgIpc) is 1.79. The van der Waals surface area contributed by atoms with Crippen molar-refractivity contribution in [2.45, 2.75) is 401 Å². The minimum Gasteiger partial charge on any atom is -0.462 e. The lowest BCUT2D eigenvalue weighted by molar-refractivity contribution is -0.161. The Kier molecular flexibility index (Phi) is 64.0. The van der Waals surface area contributed by atoms with E-state index in [9.17, 15) is 43.2 Å². The number of ether oxygens (including phenoxy) is 4. The number of aliphatic hydroxyl groups excluding tert-OH is 1. The third-order valence-electron chi connectivity index (χ3n) is 17.6. The van der Waals surface area contributed by atoms with Gasteiger partial charge in [0.15, 0.2) is 12.2 Å². The molecule has 0 rings (SSSR count). The van der Waals surface area contributed by atoms with Crippen molar-refractivity contribution >= 4 is 39.5 Å². The number of carbonyl (C=O) groups excluding carboxylic acids is 4. The van der Waals surface area contributed by atoms with E-state index in [2.05, 4.69) is 55.4 Å². The monoisotopic (exact) mass is 1400 g/mol. The molecule has 0 saturated carbocycles. The predicted molar refractivity (Wildman–Crippen MR) is 386 cm³/mol. The summed E-state index contributed by atoms with van der Waals surface area (Å²) in [6.07, 6.45) is 50.1. The van der Waals surface area contributed by atoms with Crippen LogP contribution in [0.25, 0.3) is 0 Å². The molecule has 0 amide bonds. The Bertz CT molecular complexity index is 1870. The van der Waals surface area contributed by atoms with Crippen molar-refractivity contribution in [3.63, 3.8) is 0 Å². The number of unbranched alkanes of at least 4 members (excludes halogenated alkanes) is 39. The van der Waals surface area contributed by atoms with Gasteiger partial charge in [0.25, 0.3) is 0 Å². The van der Waals surface area contributed by atoms with Gasteiger partial charge in [0.1, 0.15) is 19.3 Å². The zero-order valence-electron chi connectivity index (χ0n) is 62.3. The predicted octanol–water partition coefficient (Wildman–Crippen LogP) is 22.0. The van der Waals surface area contributed by atoms with E-state index in [0.717, 1.165) is 114 Å². The second-order valence-electron chi connectivity index (χ2n) is 29.3. The fourth-order valence-electron chi connectivity index (χ4n) is 11.6. The van der Waals surface area contributed by atoms with Crippen LogP contribution in [0.2, 0.25) is 0 Å². The largest absolute Gasteiger partial charge is 0.472 e. The lowest BCUT2D eigenvalue weighted by atomic mass is 10.0. The number of hydrogen-bond acceptors (Lipinski definition) is 15. The molecular formula is C76H148O17P2. The normalized spacial score (nSPS) is 14.1. The van der Waals surface area contributed by atoms with E-state index in [-0.39, 0.29) is 25.7 Å². The molecule has 0 aliphatic heterocycles. The smallest absolute Gasteiger partial charge is 0.462 e. The SMILES string of the molecule is CC(C)CCCCCCCCCCCCCCCCC(=O)OC[C@H](COP(=O)(O)OCC(O)COP(=O)(O)OC[C@@H](COC(=O)CCCCCCCCC(C)C)OC(=O)CCCCCCCCCCCCCCCCC(C)C)OC(=O)CCCCCCCCCCCC(C)C. The van der Waals surface area contributed by atoms with E-state index in [1.54, 1.807) is 0 Å². The minimum absolute atomic E-state index is 0.105. The molecule has 0 aromatic heterocycles. The Hall–Kier alpha value is -1.94. The number of hydrogen-bond donors (Lipinski definition) is 3. The van der Waals surface area contributed by atoms with E-state index in [0.29, 0.717) is 31.6 Å². The van der Waals surface area contributed by atoms with Crippen molar-refractivity contribution in [1.82, 2.24) is 0 Å². The van der Waals surface area contributed by atoms with Crippen molar-refractivity contribution in [2.24, 2.45) is 23.7 Å². The van der Waals surface area contributed by atoms with Crippen LogP contribution in [-0.4, -0.2) is 96.7 Å². The van der Waals surface area contributed by atoms with E-state index in [4.69, 9.17) is 37.0 Å². The van der Waals surface area contributed by atoms with Crippen molar-refractivity contribution in [3.05, 3.63) is 0 Å². The van der Waals surface area contributed by atoms with Crippen LogP contribution in [0.1, 0.15) is 383 Å². The van der Waals surface area contributed by atoms with Crippen molar-refractivity contribution < 1.29 is 80.2 Å². The Labute approximate surface area is 581 Å². The number of aliphatic hydroxyl groups is 1. The molecule has 0 fully saturated rings. The summed E-state index contributed by atoms with van der Waals surface area (Å²) < 4.78 is 68.5. The molecule has 0 aliphatic rings. The van der Waals surface area contributed by atoms with Gasteiger partial charge in [-0.3, -0.25) is 37.3 Å². The second-order valence-corrected chi connectivity index (χ2v) is 32.2. The molecule has 0 radical (unpaired) electrons. The molecular weight excluding hydrogens is 1250 g/mol. The van der Waals surface area contributed by atoms with Gasteiger partial charge in [0.05, 0.1) is 26.4 Å². The van der Waals surface area contributed by atoms with Crippen LogP contribution in [-0.2, 0) is 65.4 Å². The number of phosphoric acid groups is 2. The van der Waals surface area contributed by atoms with Crippen LogP contribution in [0.15, 0.2) is 0 Å². The summed E-state index contributed by atoms with van der Waals surface area (Å²) in [4.78, 5) is 72.8. The van der Waals surface area contributed by atoms with Gasteiger partial charge < -0.3 is 33.8 Å². The molecule has 0 saturated heterocycles. The van der Waals surface area contributed by atoms with Gasteiger partial charge in [-0.05, 0) is 49.4 Å².